The maximum Gasteiger partial charge on any atom is 0.311 e. The van der Waals surface area contributed by atoms with Gasteiger partial charge in [-0.1, -0.05) is 60.1 Å². The number of halogens is 1. The summed E-state index contributed by atoms with van der Waals surface area (Å²) in [7, 11) is 0. The van der Waals surface area contributed by atoms with Crippen LogP contribution in [0.5, 0.6) is 0 Å². The predicted octanol–water partition coefficient (Wildman–Crippen LogP) is 2.55. The summed E-state index contributed by atoms with van der Waals surface area (Å²) in [5, 5.41) is 3.27. The molecule has 28 heavy (non-hydrogen) atoms. The fourth-order valence-corrected chi connectivity index (χ4v) is 3.21. The minimum absolute atomic E-state index is 0.0783. The number of esters is 1. The van der Waals surface area contributed by atoms with Gasteiger partial charge in [-0.3, -0.25) is 14.4 Å². The molecule has 1 heterocycles. The van der Waals surface area contributed by atoms with Crippen LogP contribution in [0, 0.1) is 5.92 Å². The fraction of sp³-hybridized carbons (Fsp3) is 0.286. The summed E-state index contributed by atoms with van der Waals surface area (Å²) < 4.78 is 5.09. The molecule has 2 aromatic rings. The lowest BCUT2D eigenvalue weighted by Crippen LogP contribution is -2.31. The van der Waals surface area contributed by atoms with Gasteiger partial charge in [0.1, 0.15) is 0 Å². The third kappa shape index (κ3) is 5.33. The number of hydrogen-bond acceptors (Lipinski definition) is 4. The van der Waals surface area contributed by atoms with Crippen molar-refractivity contribution in [2.24, 2.45) is 5.92 Å². The van der Waals surface area contributed by atoms with E-state index in [9.17, 15) is 14.4 Å². The molecule has 7 heteroatoms. The first kappa shape index (κ1) is 19.9. The first-order chi connectivity index (χ1) is 13.5. The molecule has 1 atom stereocenters. The molecule has 1 fully saturated rings. The molecule has 1 aliphatic rings. The van der Waals surface area contributed by atoms with E-state index in [1.807, 2.05) is 48.5 Å². The first-order valence-corrected chi connectivity index (χ1v) is 9.39. The van der Waals surface area contributed by atoms with Gasteiger partial charge in [0.05, 0.1) is 5.92 Å². The minimum Gasteiger partial charge on any atom is -0.455 e. The zero-order valence-corrected chi connectivity index (χ0v) is 16.0. The molecular formula is C21H21ClN2O4. The molecule has 2 aromatic carbocycles. The molecule has 146 valence electrons. The van der Waals surface area contributed by atoms with E-state index in [1.165, 1.54) is 0 Å². The van der Waals surface area contributed by atoms with Gasteiger partial charge in [0.25, 0.3) is 5.91 Å². The van der Waals surface area contributed by atoms with Gasteiger partial charge in [0, 0.05) is 31.1 Å². The maximum atomic E-state index is 12.2. The summed E-state index contributed by atoms with van der Waals surface area (Å²) in [6, 6.07) is 16.7. The molecular weight excluding hydrogens is 380 g/mol. The molecule has 0 spiro atoms. The van der Waals surface area contributed by atoms with Gasteiger partial charge < -0.3 is 15.0 Å². The molecule has 3 rings (SSSR count). The minimum atomic E-state index is -0.572. The van der Waals surface area contributed by atoms with Crippen molar-refractivity contribution in [3.05, 3.63) is 70.7 Å². The van der Waals surface area contributed by atoms with Crippen LogP contribution in [0.25, 0.3) is 0 Å². The quantitative estimate of drug-likeness (QED) is 0.725. The van der Waals surface area contributed by atoms with E-state index in [1.54, 1.807) is 11.0 Å². The van der Waals surface area contributed by atoms with Crippen LogP contribution in [-0.4, -0.2) is 35.8 Å². The van der Waals surface area contributed by atoms with Crippen LogP contribution in [0.2, 0.25) is 5.02 Å². The lowest BCUT2D eigenvalue weighted by atomic mass is 10.1. The van der Waals surface area contributed by atoms with Gasteiger partial charge in [-0.15, -0.1) is 0 Å². The number of carbonyl (C=O) groups is 3. The van der Waals surface area contributed by atoms with Crippen molar-refractivity contribution in [3.63, 3.8) is 0 Å². The second kappa shape index (κ2) is 9.37. The highest BCUT2D eigenvalue weighted by molar-refractivity contribution is 6.31. The van der Waals surface area contributed by atoms with E-state index in [4.69, 9.17) is 16.3 Å². The van der Waals surface area contributed by atoms with Crippen LogP contribution in [0.4, 0.5) is 0 Å². The Kier molecular flexibility index (Phi) is 6.66. The van der Waals surface area contributed by atoms with E-state index in [-0.39, 0.29) is 31.4 Å². The first-order valence-electron chi connectivity index (χ1n) is 9.01. The van der Waals surface area contributed by atoms with Crippen molar-refractivity contribution in [2.75, 3.05) is 13.2 Å². The summed E-state index contributed by atoms with van der Waals surface area (Å²) >= 11 is 6.13. The number of hydrogen-bond donors (Lipinski definition) is 1. The third-order valence-electron chi connectivity index (χ3n) is 4.54. The standard InChI is InChI=1S/C21H21ClN2O4/c22-18-9-5-4-8-16(18)12-24-13-17(10-20(24)26)21(27)28-14-19(25)23-11-15-6-2-1-3-7-15/h1-9,17H,10-14H2,(H,23,25)/t17-/m1/s1. The van der Waals surface area contributed by atoms with Crippen molar-refractivity contribution in [2.45, 2.75) is 19.5 Å². The lowest BCUT2D eigenvalue weighted by Gasteiger charge is -2.17. The van der Waals surface area contributed by atoms with Crippen molar-refractivity contribution < 1.29 is 19.1 Å². The van der Waals surface area contributed by atoms with Crippen molar-refractivity contribution in [1.29, 1.82) is 0 Å². The molecule has 2 amide bonds. The van der Waals surface area contributed by atoms with Crippen LogP contribution in [0.3, 0.4) is 0 Å². The number of nitrogens with one attached hydrogen (secondary N) is 1. The highest BCUT2D eigenvalue weighted by Crippen LogP contribution is 2.24. The van der Waals surface area contributed by atoms with Gasteiger partial charge in [-0.25, -0.2) is 0 Å². The van der Waals surface area contributed by atoms with Gasteiger partial charge in [-0.2, -0.15) is 0 Å². The number of benzene rings is 2. The van der Waals surface area contributed by atoms with Crippen molar-refractivity contribution >= 4 is 29.4 Å². The Bertz CT molecular complexity index is 856. The molecule has 6 nitrogen and oxygen atoms in total. The number of amides is 2. The average molecular weight is 401 g/mol. The summed E-state index contributed by atoms with van der Waals surface area (Å²) in [6.45, 7) is 0.611. The molecule has 0 aliphatic carbocycles. The van der Waals surface area contributed by atoms with Crippen LogP contribution in [0.1, 0.15) is 17.5 Å². The topological polar surface area (TPSA) is 75.7 Å². The number of nitrogens with zero attached hydrogens (tertiary/aromatic N) is 1. The molecule has 0 bridgehead atoms. The SMILES string of the molecule is O=C(COC(=O)[C@@H]1CC(=O)N(Cc2ccccc2Cl)C1)NCc1ccccc1. The molecule has 1 aliphatic heterocycles. The fourth-order valence-electron chi connectivity index (χ4n) is 3.02. The van der Waals surface area contributed by atoms with E-state index in [0.29, 0.717) is 18.1 Å². The second-order valence-electron chi connectivity index (χ2n) is 6.64. The van der Waals surface area contributed by atoms with Crippen molar-refractivity contribution in [3.8, 4) is 0 Å². The Morgan fingerprint density at radius 2 is 1.82 bits per heavy atom. The highest BCUT2D eigenvalue weighted by atomic mass is 35.5. The Hall–Kier alpha value is -2.86. The molecule has 0 radical (unpaired) electrons. The van der Waals surface area contributed by atoms with Gasteiger partial charge in [-0.05, 0) is 17.2 Å². The number of rotatable bonds is 7. The van der Waals surface area contributed by atoms with Gasteiger partial charge >= 0.3 is 5.97 Å². The number of ether oxygens (including phenoxy) is 1. The molecule has 0 unspecified atom stereocenters. The Morgan fingerprint density at radius 3 is 2.57 bits per heavy atom. The molecule has 0 aromatic heterocycles. The van der Waals surface area contributed by atoms with Crippen LogP contribution in [0.15, 0.2) is 54.6 Å². The maximum absolute atomic E-state index is 12.2. The van der Waals surface area contributed by atoms with Gasteiger partial charge in [0.2, 0.25) is 5.91 Å². The number of likely N-dealkylation sites (tertiary alicyclic amines) is 1. The van der Waals surface area contributed by atoms with E-state index >= 15 is 0 Å². The Labute approximate surface area is 168 Å². The monoisotopic (exact) mass is 400 g/mol. The van der Waals surface area contributed by atoms with Crippen LogP contribution >= 0.6 is 11.6 Å². The Morgan fingerprint density at radius 1 is 1.11 bits per heavy atom. The molecule has 1 saturated heterocycles. The van der Waals surface area contributed by atoms with Crippen LogP contribution < -0.4 is 5.32 Å². The average Bonchev–Trinajstić information content (AvgIpc) is 3.07. The van der Waals surface area contributed by atoms with Crippen molar-refractivity contribution in [1.82, 2.24) is 10.2 Å². The third-order valence-corrected chi connectivity index (χ3v) is 4.91. The summed E-state index contributed by atoms with van der Waals surface area (Å²) in [4.78, 5) is 37.9. The van der Waals surface area contributed by atoms with Crippen LogP contribution in [-0.2, 0) is 32.2 Å². The highest BCUT2D eigenvalue weighted by Gasteiger charge is 2.35. The molecule has 0 saturated carbocycles. The smallest absolute Gasteiger partial charge is 0.311 e. The van der Waals surface area contributed by atoms with E-state index < -0.39 is 11.9 Å². The zero-order valence-electron chi connectivity index (χ0n) is 15.3. The van der Waals surface area contributed by atoms with Gasteiger partial charge in [0.15, 0.2) is 6.61 Å². The molecule has 1 N–H and O–H groups in total. The summed E-state index contributed by atoms with van der Waals surface area (Å²) in [5.74, 6) is -1.62. The summed E-state index contributed by atoms with van der Waals surface area (Å²) in [6.07, 6.45) is 0.0783. The zero-order chi connectivity index (χ0) is 19.9. The number of carbonyl (C=O) groups excluding carboxylic acids is 3. The van der Waals surface area contributed by atoms with E-state index in [0.717, 1.165) is 11.1 Å². The predicted molar refractivity (Wildman–Crippen MR) is 104 cm³/mol. The van der Waals surface area contributed by atoms with E-state index in [2.05, 4.69) is 5.32 Å². The lowest BCUT2D eigenvalue weighted by molar-refractivity contribution is -0.152. The Balaban J connectivity index is 1.44. The second-order valence-corrected chi connectivity index (χ2v) is 7.04. The normalized spacial score (nSPS) is 16.1. The largest absolute Gasteiger partial charge is 0.455 e. The summed E-state index contributed by atoms with van der Waals surface area (Å²) in [5.41, 5.74) is 1.78.